The van der Waals surface area contributed by atoms with Crippen molar-refractivity contribution >= 4 is 15.8 Å². The lowest BCUT2D eigenvalue weighted by molar-refractivity contribution is 0.0453. The maximum Gasteiger partial charge on any atom is 0.240 e. The maximum atomic E-state index is 12.8. The van der Waals surface area contributed by atoms with Crippen LogP contribution in [0.25, 0.3) is 22.7 Å². The quantitative estimate of drug-likeness (QED) is 0.493. The number of aliphatic hydroxyl groups is 1. The first-order valence-electron chi connectivity index (χ1n) is 10.7. The van der Waals surface area contributed by atoms with E-state index in [-0.39, 0.29) is 22.7 Å². The molecule has 0 atom stereocenters. The van der Waals surface area contributed by atoms with Crippen molar-refractivity contribution in [3.05, 3.63) is 41.7 Å². The van der Waals surface area contributed by atoms with Gasteiger partial charge in [-0.1, -0.05) is 11.2 Å². The highest BCUT2D eigenvalue weighted by Gasteiger charge is 2.29. The van der Waals surface area contributed by atoms with Crippen LogP contribution in [0.4, 0.5) is 5.82 Å². The van der Waals surface area contributed by atoms with Crippen LogP contribution in [-0.4, -0.2) is 41.3 Å². The molecule has 2 fully saturated rings. The molecular formula is C22H25N5O4S. The lowest BCUT2D eigenvalue weighted by Gasteiger charge is -2.31. The molecular weight excluding hydrogens is 430 g/mol. The Labute approximate surface area is 186 Å². The molecule has 2 aliphatic carbocycles. The number of nitrogens with one attached hydrogen (secondary N) is 1. The average molecular weight is 456 g/mol. The van der Waals surface area contributed by atoms with Crippen LogP contribution in [0.3, 0.4) is 0 Å². The molecule has 32 heavy (non-hydrogen) atoms. The van der Waals surface area contributed by atoms with Crippen molar-refractivity contribution in [2.75, 3.05) is 12.3 Å². The summed E-state index contributed by atoms with van der Waals surface area (Å²) in [5.41, 5.74) is 9.32. The normalized spacial score (nSPS) is 20.8. The molecule has 0 radical (unpaired) electrons. The number of nitrogens with zero attached hydrogens (tertiary/aromatic N) is 3. The summed E-state index contributed by atoms with van der Waals surface area (Å²) >= 11 is 0. The van der Waals surface area contributed by atoms with Crippen LogP contribution >= 0.6 is 0 Å². The van der Waals surface area contributed by atoms with Crippen LogP contribution in [0, 0.1) is 12.8 Å². The van der Waals surface area contributed by atoms with Crippen molar-refractivity contribution in [2.45, 2.75) is 49.5 Å². The molecule has 5 rings (SSSR count). The van der Waals surface area contributed by atoms with Crippen molar-refractivity contribution in [1.82, 2.24) is 19.8 Å². The lowest BCUT2D eigenvalue weighted by atomic mass is 9.83. The van der Waals surface area contributed by atoms with Gasteiger partial charge in [0.15, 0.2) is 17.3 Å². The van der Waals surface area contributed by atoms with Gasteiger partial charge in [-0.15, -0.1) is 0 Å². The molecule has 2 heterocycles. The number of aliphatic hydroxyl groups excluding tert-OH is 1. The number of aryl methyl sites for hydroxylation is 1. The van der Waals surface area contributed by atoms with Gasteiger partial charge in [0.2, 0.25) is 10.0 Å². The topological polar surface area (TPSA) is 144 Å². The summed E-state index contributed by atoms with van der Waals surface area (Å²) in [7, 11) is -3.70. The van der Waals surface area contributed by atoms with Gasteiger partial charge in [-0.25, -0.2) is 23.1 Å². The molecule has 168 valence electrons. The van der Waals surface area contributed by atoms with Crippen LogP contribution in [0.5, 0.6) is 0 Å². The summed E-state index contributed by atoms with van der Waals surface area (Å²) in [6.45, 7) is 2.19. The fourth-order valence-electron chi connectivity index (χ4n) is 3.90. The Morgan fingerprint density at radius 2 is 2.03 bits per heavy atom. The number of sulfonamides is 1. The van der Waals surface area contributed by atoms with Crippen LogP contribution < -0.4 is 10.5 Å². The largest absolute Gasteiger partial charge is 0.393 e. The summed E-state index contributed by atoms with van der Waals surface area (Å²) in [5, 5.41) is 13.5. The summed E-state index contributed by atoms with van der Waals surface area (Å²) in [4.78, 5) is 9.04. The number of benzene rings is 1. The van der Waals surface area contributed by atoms with Crippen molar-refractivity contribution < 1.29 is 18.0 Å². The van der Waals surface area contributed by atoms with E-state index in [0.717, 1.165) is 24.1 Å². The first-order chi connectivity index (χ1) is 15.3. The second kappa shape index (κ2) is 7.95. The van der Waals surface area contributed by atoms with E-state index in [2.05, 4.69) is 19.8 Å². The number of hydrogen-bond acceptors (Lipinski definition) is 8. The van der Waals surface area contributed by atoms with E-state index in [4.69, 9.17) is 10.3 Å². The number of hydrogen-bond donors (Lipinski definition) is 3. The Morgan fingerprint density at radius 3 is 2.75 bits per heavy atom. The highest BCUT2D eigenvalue weighted by atomic mass is 32.2. The average Bonchev–Trinajstić information content (AvgIpc) is 3.48. The molecule has 0 spiro atoms. The lowest BCUT2D eigenvalue weighted by Crippen LogP contribution is -2.38. The van der Waals surface area contributed by atoms with Gasteiger partial charge in [0.1, 0.15) is 0 Å². The minimum Gasteiger partial charge on any atom is -0.393 e. The number of nitrogens with two attached hydrogens (primary N) is 1. The highest BCUT2D eigenvalue weighted by Crippen LogP contribution is 2.41. The Morgan fingerprint density at radius 1 is 1.25 bits per heavy atom. The molecule has 3 aromatic rings. The Hall–Kier alpha value is -2.82. The van der Waals surface area contributed by atoms with Gasteiger partial charge in [-0.05, 0) is 56.2 Å². The van der Waals surface area contributed by atoms with Crippen molar-refractivity contribution in [1.29, 1.82) is 0 Å². The van der Waals surface area contributed by atoms with Crippen molar-refractivity contribution in [3.8, 4) is 22.7 Å². The van der Waals surface area contributed by atoms with Gasteiger partial charge in [0.25, 0.3) is 0 Å². The third-order valence-corrected chi connectivity index (χ3v) is 7.55. The van der Waals surface area contributed by atoms with E-state index in [0.29, 0.717) is 48.0 Å². The number of rotatable bonds is 7. The zero-order valence-electron chi connectivity index (χ0n) is 17.7. The summed E-state index contributed by atoms with van der Waals surface area (Å²) in [6.07, 6.45) is 4.65. The van der Waals surface area contributed by atoms with Crippen molar-refractivity contribution in [2.24, 2.45) is 5.92 Å². The van der Waals surface area contributed by atoms with E-state index >= 15 is 0 Å². The fourth-order valence-corrected chi connectivity index (χ4v) is 5.05. The fraction of sp³-hybridized carbons (Fsp3) is 0.409. The first-order valence-corrected chi connectivity index (χ1v) is 12.2. The van der Waals surface area contributed by atoms with Gasteiger partial charge >= 0.3 is 0 Å². The van der Waals surface area contributed by atoms with Crippen LogP contribution in [-0.2, 0) is 10.0 Å². The molecule has 0 saturated heterocycles. The first kappa shape index (κ1) is 21.0. The Bertz CT molecular complexity index is 1260. The van der Waals surface area contributed by atoms with Gasteiger partial charge in [0.05, 0.1) is 28.6 Å². The number of anilines is 1. The Balaban J connectivity index is 1.44. The minimum atomic E-state index is -3.70. The minimum absolute atomic E-state index is 0.147. The summed E-state index contributed by atoms with van der Waals surface area (Å²) < 4.78 is 33.7. The van der Waals surface area contributed by atoms with Crippen molar-refractivity contribution in [3.63, 3.8) is 0 Å². The predicted octanol–water partition coefficient (Wildman–Crippen LogP) is 2.62. The van der Waals surface area contributed by atoms with E-state index in [1.165, 1.54) is 6.20 Å². The van der Waals surface area contributed by atoms with Crippen LogP contribution in [0.2, 0.25) is 0 Å². The Kier molecular flexibility index (Phi) is 5.23. The van der Waals surface area contributed by atoms with E-state index < -0.39 is 10.0 Å². The van der Waals surface area contributed by atoms with Gasteiger partial charge in [-0.3, -0.25) is 0 Å². The molecule has 0 amide bonds. The molecule has 1 aromatic carbocycles. The smallest absolute Gasteiger partial charge is 0.240 e. The molecule has 0 unspecified atom stereocenters. The van der Waals surface area contributed by atoms with Gasteiger partial charge < -0.3 is 15.4 Å². The standard InChI is InChI=1S/C22H25N5O4S/c1-12-2-5-16(32(29,30)25-10-13-6-15(28)7-13)8-17(12)19-11-24-22(23)21(26-19)20-9-18(27-31-20)14-3-4-14/h2,5,8-9,11,13-15,25,28H,3-4,6-7,10H2,1H3,(H2,23,24). The number of aromatic nitrogens is 3. The summed E-state index contributed by atoms with van der Waals surface area (Å²) in [6, 6.07) is 6.75. The second-order valence-electron chi connectivity index (χ2n) is 8.70. The zero-order valence-corrected chi connectivity index (χ0v) is 18.5. The molecule has 0 bridgehead atoms. The molecule has 4 N–H and O–H groups in total. The molecule has 10 heteroatoms. The van der Waals surface area contributed by atoms with Crippen LogP contribution in [0.15, 0.2) is 39.9 Å². The molecule has 2 aromatic heterocycles. The third kappa shape index (κ3) is 4.13. The van der Waals surface area contributed by atoms with E-state index in [1.807, 2.05) is 13.0 Å². The SMILES string of the molecule is Cc1ccc(S(=O)(=O)NCC2CC(O)C2)cc1-c1cnc(N)c(-c2cc(C3CC3)no2)n1. The molecule has 2 saturated carbocycles. The predicted molar refractivity (Wildman–Crippen MR) is 118 cm³/mol. The second-order valence-corrected chi connectivity index (χ2v) is 10.5. The van der Waals surface area contributed by atoms with Gasteiger partial charge in [0, 0.05) is 24.1 Å². The third-order valence-electron chi connectivity index (χ3n) is 6.13. The molecule has 2 aliphatic rings. The monoisotopic (exact) mass is 455 g/mol. The highest BCUT2D eigenvalue weighted by molar-refractivity contribution is 7.89. The maximum absolute atomic E-state index is 12.8. The zero-order chi connectivity index (χ0) is 22.5. The molecule has 0 aliphatic heterocycles. The van der Waals surface area contributed by atoms with E-state index in [1.54, 1.807) is 18.2 Å². The number of nitrogen functional groups attached to an aromatic ring is 1. The summed E-state index contributed by atoms with van der Waals surface area (Å²) in [5.74, 6) is 1.27. The van der Waals surface area contributed by atoms with Gasteiger partial charge in [-0.2, -0.15) is 0 Å². The van der Waals surface area contributed by atoms with E-state index in [9.17, 15) is 13.5 Å². The molecule has 9 nitrogen and oxygen atoms in total. The van der Waals surface area contributed by atoms with Crippen LogP contribution in [0.1, 0.15) is 42.9 Å².